The summed E-state index contributed by atoms with van der Waals surface area (Å²) in [6.45, 7) is 3.60. The Hall–Kier alpha value is -1.52. The second-order valence-corrected chi connectivity index (χ2v) is 5.22. The number of hydrogen-bond acceptors (Lipinski definition) is 3. The van der Waals surface area contributed by atoms with Gasteiger partial charge in [-0.05, 0) is 36.9 Å². The van der Waals surface area contributed by atoms with Crippen LogP contribution in [-0.4, -0.2) is 11.0 Å². The predicted octanol–water partition coefficient (Wildman–Crippen LogP) is 3.98. The minimum Gasteiger partial charge on any atom is -0.508 e. The number of phenolic OH excluding ortho intramolecular Hbond substituents is 1. The minimum absolute atomic E-state index is 0.154. The van der Waals surface area contributed by atoms with Gasteiger partial charge in [-0.1, -0.05) is 17.7 Å². The van der Waals surface area contributed by atoms with E-state index in [2.05, 4.69) is 5.32 Å². The molecule has 0 radical (unpaired) electrons. The number of rotatable bonds is 2. The van der Waals surface area contributed by atoms with Crippen LogP contribution in [0.3, 0.4) is 0 Å². The lowest BCUT2D eigenvalue weighted by atomic mass is 10.2. The normalized spacial score (nSPS) is 10.4. The number of hydrogen-bond donors (Lipinski definition) is 2. The van der Waals surface area contributed by atoms with Crippen molar-refractivity contribution in [2.24, 2.45) is 0 Å². The number of aromatic hydroxyl groups is 1. The first-order valence-electron chi connectivity index (χ1n) is 5.34. The number of carbonyl (C=O) groups excluding carboxylic acids is 1. The fraction of sp³-hybridized carbons (Fsp3) is 0.154. The molecular formula is C13H12ClNO2S. The molecule has 18 heavy (non-hydrogen) atoms. The smallest absolute Gasteiger partial charge is 0.267 e. The highest BCUT2D eigenvalue weighted by molar-refractivity contribution is 7.13. The van der Waals surface area contributed by atoms with Crippen LogP contribution in [0.4, 0.5) is 5.69 Å². The van der Waals surface area contributed by atoms with Crippen LogP contribution in [0.2, 0.25) is 5.02 Å². The maximum absolute atomic E-state index is 12.0. The summed E-state index contributed by atoms with van der Waals surface area (Å²) in [6, 6.07) is 4.99. The van der Waals surface area contributed by atoms with Crippen molar-refractivity contribution in [3.63, 3.8) is 0 Å². The second-order valence-electron chi connectivity index (χ2n) is 3.97. The molecule has 0 saturated carbocycles. The number of phenols is 1. The van der Waals surface area contributed by atoms with E-state index in [1.807, 2.05) is 12.3 Å². The Kier molecular flexibility index (Phi) is 3.59. The van der Waals surface area contributed by atoms with Gasteiger partial charge in [-0.3, -0.25) is 4.79 Å². The van der Waals surface area contributed by atoms with Crippen LogP contribution in [0.5, 0.6) is 5.75 Å². The molecule has 0 fully saturated rings. The molecule has 94 valence electrons. The Morgan fingerprint density at radius 1 is 1.39 bits per heavy atom. The zero-order chi connectivity index (χ0) is 13.3. The van der Waals surface area contributed by atoms with E-state index in [1.54, 1.807) is 25.1 Å². The summed E-state index contributed by atoms with van der Waals surface area (Å²) in [4.78, 5) is 12.5. The zero-order valence-corrected chi connectivity index (χ0v) is 11.5. The molecule has 3 nitrogen and oxygen atoms in total. The van der Waals surface area contributed by atoms with Crippen LogP contribution >= 0.6 is 22.9 Å². The SMILES string of the molecule is Cc1csc(C(=O)Nc2cccc(O)c2C)c1Cl. The van der Waals surface area contributed by atoms with Gasteiger partial charge in [0.25, 0.3) is 5.91 Å². The lowest BCUT2D eigenvalue weighted by molar-refractivity contribution is 0.103. The number of aryl methyl sites for hydroxylation is 1. The number of halogens is 1. The van der Waals surface area contributed by atoms with E-state index in [-0.39, 0.29) is 11.7 Å². The summed E-state index contributed by atoms with van der Waals surface area (Å²) in [5, 5.41) is 14.6. The van der Waals surface area contributed by atoms with E-state index in [9.17, 15) is 9.90 Å². The monoisotopic (exact) mass is 281 g/mol. The number of thiophene rings is 1. The van der Waals surface area contributed by atoms with Crippen molar-refractivity contribution in [3.05, 3.63) is 44.6 Å². The fourth-order valence-electron chi connectivity index (χ4n) is 1.52. The fourth-order valence-corrected chi connectivity index (χ4v) is 2.69. The van der Waals surface area contributed by atoms with E-state index < -0.39 is 0 Å². The van der Waals surface area contributed by atoms with E-state index in [0.29, 0.717) is 21.2 Å². The molecule has 1 aromatic carbocycles. The van der Waals surface area contributed by atoms with E-state index in [1.165, 1.54) is 11.3 Å². The first-order valence-corrected chi connectivity index (χ1v) is 6.60. The highest BCUT2D eigenvalue weighted by atomic mass is 35.5. The third kappa shape index (κ3) is 2.35. The van der Waals surface area contributed by atoms with Gasteiger partial charge in [-0.25, -0.2) is 0 Å². The largest absolute Gasteiger partial charge is 0.508 e. The number of benzene rings is 1. The van der Waals surface area contributed by atoms with E-state index in [0.717, 1.165) is 5.56 Å². The Morgan fingerprint density at radius 3 is 2.72 bits per heavy atom. The molecule has 5 heteroatoms. The molecular weight excluding hydrogens is 270 g/mol. The van der Waals surface area contributed by atoms with Gasteiger partial charge in [0.05, 0.1) is 5.02 Å². The van der Waals surface area contributed by atoms with Crippen LogP contribution in [0.25, 0.3) is 0 Å². The van der Waals surface area contributed by atoms with Gasteiger partial charge in [-0.15, -0.1) is 11.3 Å². The molecule has 0 saturated heterocycles. The maximum atomic E-state index is 12.0. The van der Waals surface area contributed by atoms with Crippen LogP contribution in [0, 0.1) is 13.8 Å². The topological polar surface area (TPSA) is 49.3 Å². The molecule has 0 unspecified atom stereocenters. The van der Waals surface area contributed by atoms with Gasteiger partial charge in [0, 0.05) is 11.3 Å². The molecule has 0 aliphatic rings. The summed E-state index contributed by atoms with van der Waals surface area (Å²) in [5.41, 5.74) is 2.11. The number of anilines is 1. The van der Waals surface area contributed by atoms with E-state index in [4.69, 9.17) is 11.6 Å². The van der Waals surface area contributed by atoms with Crippen molar-refractivity contribution < 1.29 is 9.90 Å². The summed E-state index contributed by atoms with van der Waals surface area (Å²) in [5.74, 6) is -0.104. The zero-order valence-electron chi connectivity index (χ0n) is 9.95. The predicted molar refractivity (Wildman–Crippen MR) is 74.9 cm³/mol. The Bertz CT molecular complexity index is 607. The van der Waals surface area contributed by atoms with Gasteiger partial charge < -0.3 is 10.4 Å². The molecule has 0 aliphatic heterocycles. The molecule has 2 N–H and O–H groups in total. The van der Waals surface area contributed by atoms with Crippen molar-refractivity contribution in [1.82, 2.24) is 0 Å². The summed E-state index contributed by atoms with van der Waals surface area (Å²) < 4.78 is 0. The summed E-state index contributed by atoms with van der Waals surface area (Å²) in [6.07, 6.45) is 0. The minimum atomic E-state index is -0.258. The molecule has 0 atom stereocenters. The molecule has 1 aromatic heterocycles. The van der Waals surface area contributed by atoms with Gasteiger partial charge >= 0.3 is 0 Å². The van der Waals surface area contributed by atoms with Crippen LogP contribution in [0.1, 0.15) is 20.8 Å². The first-order chi connectivity index (χ1) is 8.50. The van der Waals surface area contributed by atoms with Gasteiger partial charge in [-0.2, -0.15) is 0 Å². The van der Waals surface area contributed by atoms with Crippen molar-refractivity contribution in [2.45, 2.75) is 13.8 Å². The molecule has 0 spiro atoms. The Balaban J connectivity index is 2.27. The Morgan fingerprint density at radius 2 is 2.11 bits per heavy atom. The van der Waals surface area contributed by atoms with Crippen LogP contribution in [0.15, 0.2) is 23.6 Å². The molecule has 1 amide bonds. The summed E-state index contributed by atoms with van der Waals surface area (Å²) in [7, 11) is 0. The first kappa shape index (κ1) is 12.9. The van der Waals surface area contributed by atoms with Crippen LogP contribution < -0.4 is 5.32 Å². The molecule has 0 aliphatic carbocycles. The molecule has 0 bridgehead atoms. The average molecular weight is 282 g/mol. The quantitative estimate of drug-likeness (QED) is 0.875. The molecule has 2 rings (SSSR count). The molecule has 2 aromatic rings. The lowest BCUT2D eigenvalue weighted by Crippen LogP contribution is -2.11. The third-order valence-corrected chi connectivity index (χ3v) is 4.35. The molecule has 1 heterocycles. The summed E-state index contributed by atoms with van der Waals surface area (Å²) >= 11 is 7.35. The number of carbonyl (C=O) groups is 1. The van der Waals surface area contributed by atoms with Crippen molar-refractivity contribution in [2.75, 3.05) is 5.32 Å². The van der Waals surface area contributed by atoms with Gasteiger partial charge in [0.2, 0.25) is 0 Å². The highest BCUT2D eigenvalue weighted by Gasteiger charge is 2.15. The third-order valence-electron chi connectivity index (χ3n) is 2.66. The maximum Gasteiger partial charge on any atom is 0.267 e. The standard InChI is InChI=1S/C13H12ClNO2S/c1-7-6-18-12(11(7)14)13(17)15-9-4-3-5-10(16)8(9)2/h3-6,16H,1-2H3,(H,15,17). The van der Waals surface area contributed by atoms with Gasteiger partial charge in [0.15, 0.2) is 0 Å². The highest BCUT2D eigenvalue weighted by Crippen LogP contribution is 2.29. The number of nitrogens with one attached hydrogen (secondary N) is 1. The van der Waals surface area contributed by atoms with Gasteiger partial charge in [0.1, 0.15) is 10.6 Å². The van der Waals surface area contributed by atoms with Crippen molar-refractivity contribution >= 4 is 34.5 Å². The van der Waals surface area contributed by atoms with Crippen molar-refractivity contribution in [1.29, 1.82) is 0 Å². The lowest BCUT2D eigenvalue weighted by Gasteiger charge is -2.08. The van der Waals surface area contributed by atoms with Crippen molar-refractivity contribution in [3.8, 4) is 5.75 Å². The van der Waals surface area contributed by atoms with E-state index >= 15 is 0 Å². The number of amides is 1. The second kappa shape index (κ2) is 5.00. The average Bonchev–Trinajstić information content (AvgIpc) is 2.66. The van der Waals surface area contributed by atoms with Crippen LogP contribution in [-0.2, 0) is 0 Å². The Labute approximate surface area is 114 Å².